The molecule has 1 amide bonds. The number of hydrogen-bond donors (Lipinski definition) is 1. The summed E-state index contributed by atoms with van der Waals surface area (Å²) in [5.74, 6) is -1.12. The Kier molecular flexibility index (Phi) is 3.86. The van der Waals surface area contributed by atoms with Crippen LogP contribution >= 0.6 is 11.6 Å². The zero-order valence-electron chi connectivity index (χ0n) is 11.7. The molecule has 0 aromatic heterocycles. The van der Waals surface area contributed by atoms with Crippen LogP contribution in [-0.2, 0) is 11.3 Å². The van der Waals surface area contributed by atoms with Crippen LogP contribution in [0.15, 0.2) is 48.5 Å². The summed E-state index contributed by atoms with van der Waals surface area (Å²) < 4.78 is 0. The molecule has 0 saturated carbocycles. The molecule has 0 unspecified atom stereocenters. The molecule has 0 spiro atoms. The Morgan fingerprint density at radius 1 is 1.18 bits per heavy atom. The van der Waals surface area contributed by atoms with Gasteiger partial charge in [0.2, 0.25) is 0 Å². The number of nitrogens with zero attached hydrogens (tertiary/aromatic N) is 1. The van der Waals surface area contributed by atoms with Gasteiger partial charge >= 0.3 is 5.97 Å². The van der Waals surface area contributed by atoms with Crippen LogP contribution in [0.1, 0.15) is 33.9 Å². The van der Waals surface area contributed by atoms with Crippen LogP contribution in [0.25, 0.3) is 0 Å². The molecule has 112 valence electrons. The van der Waals surface area contributed by atoms with Crippen molar-refractivity contribution in [1.29, 1.82) is 0 Å². The lowest BCUT2D eigenvalue weighted by Gasteiger charge is -2.27. The number of carbonyl (C=O) groups is 2. The van der Waals surface area contributed by atoms with Gasteiger partial charge in [-0.15, -0.1) is 0 Å². The average Bonchev–Trinajstić information content (AvgIpc) is 2.83. The topological polar surface area (TPSA) is 57.6 Å². The van der Waals surface area contributed by atoms with Gasteiger partial charge in [0.15, 0.2) is 0 Å². The Morgan fingerprint density at radius 3 is 2.55 bits per heavy atom. The van der Waals surface area contributed by atoms with E-state index in [4.69, 9.17) is 11.6 Å². The predicted molar refractivity (Wildman–Crippen MR) is 82.8 cm³/mol. The highest BCUT2D eigenvalue weighted by Crippen LogP contribution is 2.36. The van der Waals surface area contributed by atoms with E-state index in [1.807, 2.05) is 18.2 Å². The van der Waals surface area contributed by atoms with E-state index < -0.39 is 12.0 Å². The van der Waals surface area contributed by atoms with Gasteiger partial charge in [0.1, 0.15) is 0 Å². The van der Waals surface area contributed by atoms with E-state index >= 15 is 0 Å². The Hall–Kier alpha value is -2.33. The third-order valence-electron chi connectivity index (χ3n) is 3.86. The molecule has 5 heteroatoms. The highest BCUT2D eigenvalue weighted by atomic mass is 35.5. The van der Waals surface area contributed by atoms with Crippen molar-refractivity contribution in [1.82, 2.24) is 4.90 Å². The summed E-state index contributed by atoms with van der Waals surface area (Å²) in [5.41, 5.74) is 2.20. The number of benzene rings is 2. The molecular formula is C17H14ClNO3. The summed E-state index contributed by atoms with van der Waals surface area (Å²) in [4.78, 5) is 25.4. The summed E-state index contributed by atoms with van der Waals surface area (Å²) in [5, 5.41) is 9.69. The van der Waals surface area contributed by atoms with Gasteiger partial charge in [0, 0.05) is 17.1 Å². The quantitative estimate of drug-likeness (QED) is 0.939. The zero-order valence-corrected chi connectivity index (χ0v) is 12.5. The molecule has 1 atom stereocenters. The highest BCUT2D eigenvalue weighted by molar-refractivity contribution is 6.31. The smallest absolute Gasteiger partial charge is 0.305 e. The average molecular weight is 316 g/mol. The standard InChI is InChI=1S/C17H14ClNO3/c18-14-8-4-3-7-13(14)15(9-16(20)21)19-10-11-5-1-2-6-12(11)17(19)22/h1-8,15H,9-10H2,(H,20,21)/t15-/m0/s1. The van der Waals surface area contributed by atoms with E-state index in [1.165, 1.54) is 0 Å². The van der Waals surface area contributed by atoms with Crippen LogP contribution in [0.4, 0.5) is 0 Å². The first-order valence-corrected chi connectivity index (χ1v) is 7.31. The Morgan fingerprint density at radius 2 is 1.86 bits per heavy atom. The van der Waals surface area contributed by atoms with Crippen LogP contribution < -0.4 is 0 Å². The largest absolute Gasteiger partial charge is 0.481 e. The fraction of sp³-hybridized carbons (Fsp3) is 0.176. The maximum atomic E-state index is 12.6. The monoisotopic (exact) mass is 315 g/mol. The second-order valence-corrected chi connectivity index (χ2v) is 5.63. The van der Waals surface area contributed by atoms with Crippen molar-refractivity contribution in [3.8, 4) is 0 Å². The molecule has 0 bridgehead atoms. The molecule has 0 radical (unpaired) electrons. The SMILES string of the molecule is O=C(O)C[C@@H](c1ccccc1Cl)N1Cc2ccccc2C1=O. The number of rotatable bonds is 4. The minimum absolute atomic E-state index is 0.151. The van der Waals surface area contributed by atoms with E-state index in [2.05, 4.69) is 0 Å². The van der Waals surface area contributed by atoms with Crippen LogP contribution in [-0.4, -0.2) is 21.9 Å². The second-order valence-electron chi connectivity index (χ2n) is 5.23. The lowest BCUT2D eigenvalue weighted by Crippen LogP contribution is -2.31. The minimum atomic E-state index is -0.964. The number of aliphatic carboxylic acids is 1. The number of carboxylic acid groups (broad SMARTS) is 1. The van der Waals surface area contributed by atoms with Crippen molar-refractivity contribution in [2.45, 2.75) is 19.0 Å². The maximum Gasteiger partial charge on any atom is 0.305 e. The number of amides is 1. The molecule has 0 saturated heterocycles. The van der Waals surface area contributed by atoms with Crippen LogP contribution in [0.2, 0.25) is 5.02 Å². The number of hydrogen-bond acceptors (Lipinski definition) is 2. The Labute approximate surface area is 132 Å². The first-order valence-electron chi connectivity index (χ1n) is 6.93. The van der Waals surface area contributed by atoms with Gasteiger partial charge in [-0.25, -0.2) is 0 Å². The van der Waals surface area contributed by atoms with E-state index in [-0.39, 0.29) is 12.3 Å². The van der Waals surface area contributed by atoms with Gasteiger partial charge in [-0.2, -0.15) is 0 Å². The molecule has 1 heterocycles. The Balaban J connectivity index is 2.00. The van der Waals surface area contributed by atoms with Crippen LogP contribution in [0.5, 0.6) is 0 Å². The summed E-state index contributed by atoms with van der Waals surface area (Å²) in [6.45, 7) is 0.401. The summed E-state index contributed by atoms with van der Waals surface area (Å²) in [6, 6.07) is 13.8. The van der Waals surface area contributed by atoms with Crippen LogP contribution in [0.3, 0.4) is 0 Å². The summed E-state index contributed by atoms with van der Waals surface area (Å²) in [7, 11) is 0. The first-order chi connectivity index (χ1) is 10.6. The van der Waals surface area contributed by atoms with E-state index in [0.29, 0.717) is 22.7 Å². The molecular weight excluding hydrogens is 302 g/mol. The van der Waals surface area contributed by atoms with Crippen molar-refractivity contribution in [3.63, 3.8) is 0 Å². The van der Waals surface area contributed by atoms with Crippen LogP contribution in [0, 0.1) is 0 Å². The third kappa shape index (κ3) is 2.57. The van der Waals surface area contributed by atoms with Crippen molar-refractivity contribution in [2.75, 3.05) is 0 Å². The number of fused-ring (bicyclic) bond motifs is 1. The molecule has 0 aliphatic carbocycles. The first kappa shape index (κ1) is 14.6. The number of carboxylic acids is 1. The van der Waals surface area contributed by atoms with E-state index in [9.17, 15) is 14.7 Å². The molecule has 1 N–H and O–H groups in total. The maximum absolute atomic E-state index is 12.6. The second kappa shape index (κ2) is 5.81. The normalized spacial score (nSPS) is 14.8. The van der Waals surface area contributed by atoms with Gasteiger partial charge in [-0.05, 0) is 23.3 Å². The molecule has 2 aromatic carbocycles. The van der Waals surface area contributed by atoms with Crippen molar-refractivity contribution in [3.05, 3.63) is 70.2 Å². The fourth-order valence-corrected chi connectivity index (χ4v) is 3.09. The molecule has 1 aliphatic heterocycles. The third-order valence-corrected chi connectivity index (χ3v) is 4.20. The van der Waals surface area contributed by atoms with Gasteiger partial charge < -0.3 is 10.0 Å². The molecule has 1 aliphatic rings. The van der Waals surface area contributed by atoms with E-state index in [0.717, 1.165) is 5.56 Å². The number of carbonyl (C=O) groups excluding carboxylic acids is 1. The van der Waals surface area contributed by atoms with Gasteiger partial charge in [0.25, 0.3) is 5.91 Å². The summed E-state index contributed by atoms with van der Waals surface area (Å²) in [6.07, 6.45) is -0.177. The summed E-state index contributed by atoms with van der Waals surface area (Å²) >= 11 is 6.21. The number of halogens is 1. The minimum Gasteiger partial charge on any atom is -0.481 e. The van der Waals surface area contributed by atoms with Gasteiger partial charge in [-0.3, -0.25) is 9.59 Å². The molecule has 22 heavy (non-hydrogen) atoms. The van der Waals surface area contributed by atoms with Crippen molar-refractivity contribution in [2.24, 2.45) is 0 Å². The molecule has 3 rings (SSSR count). The zero-order chi connectivity index (χ0) is 15.7. The molecule has 4 nitrogen and oxygen atoms in total. The predicted octanol–water partition coefficient (Wildman–Crippen LogP) is 3.51. The Bertz CT molecular complexity index is 744. The van der Waals surface area contributed by atoms with E-state index in [1.54, 1.807) is 35.2 Å². The molecule has 0 fully saturated rings. The van der Waals surface area contributed by atoms with Crippen molar-refractivity contribution < 1.29 is 14.7 Å². The van der Waals surface area contributed by atoms with Gasteiger partial charge in [0.05, 0.1) is 12.5 Å². The molecule has 2 aromatic rings. The van der Waals surface area contributed by atoms with Gasteiger partial charge in [-0.1, -0.05) is 48.0 Å². The highest BCUT2D eigenvalue weighted by Gasteiger charge is 2.35. The fourth-order valence-electron chi connectivity index (χ4n) is 2.83. The van der Waals surface area contributed by atoms with Crippen molar-refractivity contribution >= 4 is 23.5 Å². The lowest BCUT2D eigenvalue weighted by molar-refractivity contribution is -0.138. The lowest BCUT2D eigenvalue weighted by atomic mass is 10.0.